The van der Waals surface area contributed by atoms with Crippen LogP contribution in [0.4, 0.5) is 17.1 Å². The zero-order chi connectivity index (χ0) is 21.8. The van der Waals surface area contributed by atoms with Crippen LogP contribution in [0.2, 0.25) is 0 Å². The van der Waals surface area contributed by atoms with Crippen molar-refractivity contribution < 1.29 is 67.4 Å². The zero-order valence-corrected chi connectivity index (χ0v) is 18.5. The van der Waals surface area contributed by atoms with Gasteiger partial charge in [0.1, 0.15) is 20.7 Å². The maximum Gasteiger partial charge on any atom is 1.00 e. The van der Waals surface area contributed by atoms with E-state index < -0.39 is 54.8 Å². The van der Waals surface area contributed by atoms with E-state index in [4.69, 9.17) is 5.21 Å². The van der Waals surface area contributed by atoms with Crippen LogP contribution in [-0.2, 0) is 19.7 Å². The van der Waals surface area contributed by atoms with Gasteiger partial charge in [-0.2, -0.15) is 10.2 Å². The molecule has 0 radical (unpaired) electrons. The molecular weight excluding hydrogens is 431 g/mol. The van der Waals surface area contributed by atoms with E-state index in [-0.39, 0.29) is 29.6 Å². The van der Waals surface area contributed by atoms with Gasteiger partial charge in [-0.1, -0.05) is 18.2 Å². The molecule has 152 valence electrons. The summed E-state index contributed by atoms with van der Waals surface area (Å²) in [6, 6.07) is 7.53. The Morgan fingerprint density at radius 3 is 2.30 bits per heavy atom. The van der Waals surface area contributed by atoms with Crippen LogP contribution in [0.25, 0.3) is 0 Å². The molecule has 0 aromatic heterocycles. The van der Waals surface area contributed by atoms with E-state index in [9.17, 15) is 32.6 Å². The predicted molar refractivity (Wildman–Crippen MR) is 95.2 cm³/mol. The van der Waals surface area contributed by atoms with Crippen molar-refractivity contribution in [3.63, 3.8) is 0 Å². The van der Waals surface area contributed by atoms with Gasteiger partial charge in [-0.25, -0.2) is 13.6 Å². The number of carbonyl (C=O) groups excluding carboxylic acids is 2. The SMILES string of the molecule is CC(=O)C(N=Nc1cc([N+](=O)O)cc(S(=O)(=O)[O-])c1O)C(=O)Nc1ccccc1.[Na+]. The normalized spacial score (nSPS) is 12.1. The van der Waals surface area contributed by atoms with Crippen molar-refractivity contribution in [2.75, 3.05) is 5.32 Å². The number of phenols is 1. The number of benzene rings is 2. The third-order valence-corrected chi connectivity index (χ3v) is 4.34. The maximum absolute atomic E-state index is 12.3. The number of Topliss-reactive ketones (excluding diaryl/α,β-unsaturated/α-hetero) is 1. The molecule has 3 N–H and O–H groups in total. The number of anilines is 1. The number of nitrogens with one attached hydrogen (secondary N) is 1. The van der Waals surface area contributed by atoms with Crippen molar-refractivity contribution in [3.05, 3.63) is 47.4 Å². The Labute approximate surface area is 192 Å². The molecule has 30 heavy (non-hydrogen) atoms. The second-order valence-electron chi connectivity index (χ2n) is 5.62. The predicted octanol–water partition coefficient (Wildman–Crippen LogP) is -1.22. The van der Waals surface area contributed by atoms with Crippen molar-refractivity contribution in [3.8, 4) is 5.75 Å². The van der Waals surface area contributed by atoms with Gasteiger partial charge in [-0.3, -0.25) is 9.59 Å². The van der Waals surface area contributed by atoms with Gasteiger partial charge in [0.25, 0.3) is 10.8 Å². The minimum absolute atomic E-state index is 0. The fourth-order valence-electron chi connectivity index (χ4n) is 2.13. The van der Waals surface area contributed by atoms with Crippen LogP contribution < -0.4 is 34.9 Å². The molecule has 0 saturated heterocycles. The minimum Gasteiger partial charge on any atom is -0.744 e. The summed E-state index contributed by atoms with van der Waals surface area (Å²) in [5, 5.41) is 28.2. The van der Waals surface area contributed by atoms with E-state index >= 15 is 0 Å². The van der Waals surface area contributed by atoms with Crippen molar-refractivity contribution in [1.29, 1.82) is 0 Å². The van der Waals surface area contributed by atoms with Crippen LogP contribution in [0.3, 0.4) is 0 Å². The number of ketones is 1. The van der Waals surface area contributed by atoms with Crippen LogP contribution >= 0.6 is 0 Å². The number of nitrogens with zero attached hydrogens (tertiary/aromatic N) is 3. The molecule has 0 fully saturated rings. The molecule has 0 aliphatic heterocycles. The summed E-state index contributed by atoms with van der Waals surface area (Å²) >= 11 is 0. The first kappa shape index (κ1) is 25.3. The molecule has 1 atom stereocenters. The standard InChI is InChI=1S/C16H14N4O8S.Na/c1-9(21)14(16(23)17-10-5-3-2-4-6-10)19-18-12-7-11(20(24)25)8-13(15(12)22)29(26,27)28;/h2-8,14H,1H3,(H3-,17,19,22,23,24,25,26,27,28);/q;+1. The van der Waals surface area contributed by atoms with Crippen LogP contribution in [-0.4, -0.2) is 45.9 Å². The summed E-state index contributed by atoms with van der Waals surface area (Å²) in [5.41, 5.74) is -1.12. The molecule has 2 aromatic carbocycles. The van der Waals surface area contributed by atoms with E-state index in [1.54, 1.807) is 30.3 Å². The van der Waals surface area contributed by atoms with Crippen LogP contribution in [0.5, 0.6) is 5.75 Å². The smallest absolute Gasteiger partial charge is 0.744 e. The third-order valence-electron chi connectivity index (χ3n) is 3.49. The molecule has 2 rings (SSSR count). The molecular formula is C16H14N4NaO8S+. The number of hydrogen-bond acceptors (Lipinski definition) is 9. The van der Waals surface area contributed by atoms with Gasteiger partial charge in [-0.15, -0.1) is 0 Å². The van der Waals surface area contributed by atoms with Gasteiger partial charge in [-0.05, 0) is 19.1 Å². The van der Waals surface area contributed by atoms with Gasteiger partial charge in [0, 0.05) is 11.8 Å². The van der Waals surface area contributed by atoms with E-state index in [0.29, 0.717) is 17.8 Å². The molecule has 0 bridgehead atoms. The summed E-state index contributed by atoms with van der Waals surface area (Å²) in [5.74, 6) is -2.77. The van der Waals surface area contributed by atoms with Crippen LogP contribution in [0, 0.1) is 4.91 Å². The molecule has 14 heteroatoms. The fraction of sp³-hybridized carbons (Fsp3) is 0.125. The molecule has 0 aliphatic rings. The van der Waals surface area contributed by atoms with Crippen molar-refractivity contribution in [2.24, 2.45) is 10.2 Å². The number of amides is 1. The first-order chi connectivity index (χ1) is 13.5. The van der Waals surface area contributed by atoms with Gasteiger partial charge in [0.05, 0.1) is 11.0 Å². The van der Waals surface area contributed by atoms with E-state index in [2.05, 4.69) is 15.5 Å². The summed E-state index contributed by atoms with van der Waals surface area (Å²) in [6.07, 6.45) is 0. The monoisotopic (exact) mass is 445 g/mol. The number of rotatable bonds is 7. The van der Waals surface area contributed by atoms with Gasteiger partial charge in [0.15, 0.2) is 11.5 Å². The molecule has 2 aromatic rings. The zero-order valence-electron chi connectivity index (χ0n) is 15.7. The first-order valence-electron chi connectivity index (χ1n) is 7.77. The molecule has 1 unspecified atom stereocenters. The number of hydrogen-bond donors (Lipinski definition) is 3. The Morgan fingerprint density at radius 1 is 1.20 bits per heavy atom. The quantitative estimate of drug-likeness (QED) is 0.155. The number of carbonyl (C=O) groups is 2. The van der Waals surface area contributed by atoms with Gasteiger partial charge >= 0.3 is 35.2 Å². The summed E-state index contributed by atoms with van der Waals surface area (Å²) in [4.78, 5) is 33.1. The van der Waals surface area contributed by atoms with Crippen molar-refractivity contribution in [2.45, 2.75) is 17.9 Å². The van der Waals surface area contributed by atoms with Gasteiger partial charge < -0.3 is 15.0 Å². The molecule has 0 aliphatic carbocycles. The number of aromatic hydroxyl groups is 1. The largest absolute Gasteiger partial charge is 1.00 e. The van der Waals surface area contributed by atoms with Crippen LogP contribution in [0.15, 0.2) is 57.6 Å². The number of azo groups is 1. The van der Waals surface area contributed by atoms with Gasteiger partial charge in [0.2, 0.25) is 6.04 Å². The Hall–Kier alpha value is -2.71. The molecule has 0 spiro atoms. The van der Waals surface area contributed by atoms with E-state index in [1.165, 1.54) is 0 Å². The summed E-state index contributed by atoms with van der Waals surface area (Å²) in [7, 11) is -5.25. The Morgan fingerprint density at radius 2 is 1.80 bits per heavy atom. The fourth-order valence-corrected chi connectivity index (χ4v) is 2.73. The Bertz CT molecular complexity index is 1110. The Kier molecular flexibility index (Phi) is 8.74. The van der Waals surface area contributed by atoms with Crippen molar-refractivity contribution >= 4 is 38.9 Å². The molecule has 0 heterocycles. The van der Waals surface area contributed by atoms with E-state index in [1.807, 2.05) is 0 Å². The molecule has 0 saturated carbocycles. The average Bonchev–Trinajstić information content (AvgIpc) is 2.62. The average molecular weight is 445 g/mol. The Balaban J connectivity index is 0.00000450. The second kappa shape index (κ2) is 10.4. The molecule has 1 amide bonds. The summed E-state index contributed by atoms with van der Waals surface area (Å²) < 4.78 is 33.7. The van der Waals surface area contributed by atoms with Crippen molar-refractivity contribution in [1.82, 2.24) is 0 Å². The first-order valence-corrected chi connectivity index (χ1v) is 9.17. The third kappa shape index (κ3) is 6.40. The number of para-hydroxylation sites is 1. The van der Waals surface area contributed by atoms with E-state index in [0.717, 1.165) is 6.92 Å². The molecule has 12 nitrogen and oxygen atoms in total. The summed E-state index contributed by atoms with van der Waals surface area (Å²) in [6.45, 7) is 1.05. The minimum atomic E-state index is -5.25. The number of phenolic OH excluding ortho intramolecular Hbond substituents is 1. The maximum atomic E-state index is 12.3. The van der Waals surface area contributed by atoms with Crippen LogP contribution in [0.1, 0.15) is 6.92 Å². The topological polar surface area (TPSA) is 189 Å². The second-order valence-corrected chi connectivity index (χ2v) is 6.97.